The van der Waals surface area contributed by atoms with E-state index in [0.29, 0.717) is 0 Å². The summed E-state index contributed by atoms with van der Waals surface area (Å²) in [5.41, 5.74) is 7.86. The van der Waals surface area contributed by atoms with E-state index < -0.39 is 0 Å². The Morgan fingerprint density at radius 3 is 1.32 bits per heavy atom. The van der Waals surface area contributed by atoms with Gasteiger partial charge in [-0.1, -0.05) is 12.2 Å². The minimum Gasteiger partial charge on any atom is -0.368 e. The fraction of sp³-hybridized carbons (Fsp3) is 0. The van der Waals surface area contributed by atoms with Crippen LogP contribution in [0.3, 0.4) is 0 Å². The van der Waals surface area contributed by atoms with Gasteiger partial charge in [-0.3, -0.25) is 4.70 Å². The van der Waals surface area contributed by atoms with Gasteiger partial charge in [0.1, 0.15) is 0 Å². The molecule has 3 N–H and O–H groups in total. The molecule has 0 saturated heterocycles. The van der Waals surface area contributed by atoms with Gasteiger partial charge in [0.05, 0.1) is 22.8 Å². The van der Waals surface area contributed by atoms with E-state index in [2.05, 4.69) is 55.6 Å². The Morgan fingerprint density at radius 1 is 0.500 bits per heavy atom. The van der Waals surface area contributed by atoms with Crippen molar-refractivity contribution in [2.45, 2.75) is 0 Å². The first-order valence-electron chi connectivity index (χ1n) is 10.1. The van der Waals surface area contributed by atoms with E-state index in [-0.39, 0.29) is 32.6 Å². The van der Waals surface area contributed by atoms with Crippen LogP contribution in [0.5, 0.6) is 0 Å². The SMILES string of the molecule is C1=CC=CNC=C1.C1=Cc2cc3ccc(cc4ccc(cc5nc(cc1n2)C=C5)[nH]4)[nH]3.F.[B].[Rh]. The first-order chi connectivity index (χ1) is 15.3. The molecule has 0 saturated carbocycles. The summed E-state index contributed by atoms with van der Waals surface area (Å²) in [6.45, 7) is 0. The molecule has 34 heavy (non-hydrogen) atoms. The summed E-state index contributed by atoms with van der Waals surface area (Å²) >= 11 is 0. The van der Waals surface area contributed by atoms with Crippen molar-refractivity contribution < 1.29 is 24.2 Å². The van der Waals surface area contributed by atoms with Crippen LogP contribution in [0.15, 0.2) is 85.2 Å². The predicted octanol–water partition coefficient (Wildman–Crippen LogP) is 5.60. The van der Waals surface area contributed by atoms with Crippen LogP contribution in [-0.2, 0) is 19.5 Å². The summed E-state index contributed by atoms with van der Waals surface area (Å²) in [6.07, 6.45) is 19.6. The summed E-state index contributed by atoms with van der Waals surface area (Å²) in [7, 11) is 0. The summed E-state index contributed by atoms with van der Waals surface area (Å²) < 4.78 is 0. The number of aromatic nitrogens is 4. The molecule has 3 aromatic rings. The molecule has 0 aliphatic carbocycles. The van der Waals surface area contributed by atoms with Crippen LogP contribution >= 0.6 is 0 Å². The molecule has 0 amide bonds. The molecule has 0 spiro atoms. The van der Waals surface area contributed by atoms with Crippen LogP contribution in [0.1, 0.15) is 22.8 Å². The molecule has 0 unspecified atom stereocenters. The van der Waals surface area contributed by atoms with Crippen molar-refractivity contribution in [1.82, 2.24) is 25.3 Å². The molecule has 6 rings (SSSR count). The van der Waals surface area contributed by atoms with Crippen molar-refractivity contribution in [3.8, 4) is 0 Å². The third-order valence-corrected chi connectivity index (χ3v) is 4.76. The summed E-state index contributed by atoms with van der Waals surface area (Å²) in [5, 5.41) is 2.92. The monoisotopic (exact) mass is 537 g/mol. The number of hydrogen-bond donors (Lipinski definition) is 3. The minimum atomic E-state index is 0. The van der Waals surface area contributed by atoms with Gasteiger partial charge in [0.2, 0.25) is 0 Å². The number of fused-ring (bicyclic) bond motifs is 8. The van der Waals surface area contributed by atoms with Crippen molar-refractivity contribution in [3.63, 3.8) is 0 Å². The third-order valence-electron chi connectivity index (χ3n) is 4.76. The van der Waals surface area contributed by atoms with E-state index in [9.17, 15) is 0 Å². The van der Waals surface area contributed by atoms with Crippen LogP contribution < -0.4 is 5.32 Å². The second-order valence-electron chi connectivity index (χ2n) is 7.17. The average molecular weight is 537 g/mol. The standard InChI is InChI=1S/C20H14N4.C6H7N.B.FH.Rh/c1-2-14-10-16-5-6-18(23-16)12-20-8-7-19(24-20)11-17-4-3-15(22-17)9-13(1)21-14;1-2-4-6-7-5-3-1;;;/h1-12,21-22H;1-7H;;1H;. The van der Waals surface area contributed by atoms with Crippen molar-refractivity contribution in [1.29, 1.82) is 0 Å². The second kappa shape index (κ2) is 12.5. The van der Waals surface area contributed by atoms with Crippen molar-refractivity contribution in [2.75, 3.05) is 0 Å². The Morgan fingerprint density at radius 2 is 0.882 bits per heavy atom. The van der Waals surface area contributed by atoms with Crippen LogP contribution in [0.2, 0.25) is 0 Å². The summed E-state index contributed by atoms with van der Waals surface area (Å²) in [4.78, 5) is 16.0. The Balaban J connectivity index is 0.000000357. The van der Waals surface area contributed by atoms with E-state index in [1.807, 2.05) is 79.2 Å². The molecule has 170 valence electrons. The van der Waals surface area contributed by atoms with Gasteiger partial charge < -0.3 is 15.3 Å². The molecular weight excluding hydrogens is 515 g/mol. The zero-order valence-corrected chi connectivity index (χ0v) is 19.7. The number of halogens is 1. The number of rotatable bonds is 0. The molecule has 0 atom stereocenters. The van der Waals surface area contributed by atoms with Gasteiger partial charge >= 0.3 is 0 Å². The maximum absolute atomic E-state index is 4.62. The number of aromatic amines is 2. The Labute approximate surface area is 211 Å². The first-order valence-corrected chi connectivity index (χ1v) is 10.1. The Hall–Kier alpha value is -3.76. The number of nitrogens with zero attached hydrogens (tertiary/aromatic N) is 2. The van der Waals surface area contributed by atoms with Crippen LogP contribution in [0, 0.1) is 0 Å². The number of H-pyrrole nitrogens is 2. The van der Waals surface area contributed by atoms with E-state index in [1.54, 1.807) is 0 Å². The van der Waals surface area contributed by atoms with Gasteiger partial charge in [-0.2, -0.15) is 0 Å². The molecule has 5 nitrogen and oxygen atoms in total. The van der Waals surface area contributed by atoms with Gasteiger partial charge in [-0.15, -0.1) is 0 Å². The van der Waals surface area contributed by atoms with E-state index in [1.165, 1.54) is 0 Å². The molecule has 0 aromatic carbocycles. The Kier molecular flexibility index (Phi) is 9.72. The fourth-order valence-electron chi connectivity index (χ4n) is 3.35. The smallest absolute Gasteiger partial charge is 0.0659 e. The van der Waals surface area contributed by atoms with Crippen LogP contribution in [0.4, 0.5) is 4.70 Å². The van der Waals surface area contributed by atoms with Crippen molar-refractivity contribution in [3.05, 3.63) is 108 Å². The second-order valence-corrected chi connectivity index (χ2v) is 7.17. The summed E-state index contributed by atoms with van der Waals surface area (Å²) in [6, 6.07) is 16.4. The first kappa shape index (κ1) is 26.5. The molecule has 3 aliphatic rings. The molecule has 3 aromatic heterocycles. The fourth-order valence-corrected chi connectivity index (χ4v) is 3.35. The Bertz CT molecular complexity index is 1330. The predicted molar refractivity (Wildman–Crippen MR) is 138 cm³/mol. The molecule has 8 heteroatoms. The van der Waals surface area contributed by atoms with Crippen molar-refractivity contribution >= 4 is 54.8 Å². The van der Waals surface area contributed by atoms with Gasteiger partial charge in [0.15, 0.2) is 0 Å². The maximum Gasteiger partial charge on any atom is 0.0659 e. The topological polar surface area (TPSA) is 69.4 Å². The zero-order chi connectivity index (χ0) is 20.9. The van der Waals surface area contributed by atoms with E-state index in [4.69, 9.17) is 0 Å². The van der Waals surface area contributed by atoms with Crippen LogP contribution in [0.25, 0.3) is 46.4 Å². The average Bonchev–Trinajstić information content (AvgIpc) is 3.53. The van der Waals surface area contributed by atoms with Gasteiger partial charge in [-0.05, 0) is 85.0 Å². The zero-order valence-electron chi connectivity index (χ0n) is 18.1. The normalized spacial score (nSPS) is 12.2. The van der Waals surface area contributed by atoms with Gasteiger partial charge in [-0.25, -0.2) is 9.97 Å². The van der Waals surface area contributed by atoms with Crippen LogP contribution in [-0.4, -0.2) is 28.3 Å². The molecule has 4 radical (unpaired) electrons. The number of nitrogens with one attached hydrogen (secondary N) is 3. The molecule has 6 heterocycles. The van der Waals surface area contributed by atoms with E-state index in [0.717, 1.165) is 44.8 Å². The largest absolute Gasteiger partial charge is 0.368 e. The third kappa shape index (κ3) is 6.87. The molecule has 3 aliphatic heterocycles. The number of hydrogen-bond acceptors (Lipinski definition) is 3. The minimum absolute atomic E-state index is 0. The number of allylic oxidation sites excluding steroid dienone is 4. The van der Waals surface area contributed by atoms with E-state index >= 15 is 0 Å². The molecule has 8 bridgehead atoms. The molecular formula is C26H22BFN5Rh. The quantitative estimate of drug-likeness (QED) is 0.226. The molecule has 0 fully saturated rings. The maximum atomic E-state index is 4.62. The van der Waals surface area contributed by atoms with Gasteiger partial charge in [0, 0.05) is 62.4 Å². The van der Waals surface area contributed by atoms with Crippen molar-refractivity contribution in [2.24, 2.45) is 0 Å². The van der Waals surface area contributed by atoms with Gasteiger partial charge in [0.25, 0.3) is 0 Å². The summed E-state index contributed by atoms with van der Waals surface area (Å²) in [5.74, 6) is 0.